The molecule has 0 atom stereocenters. The van der Waals surface area contributed by atoms with Crippen LogP contribution in [0.1, 0.15) is 22.4 Å². The maximum Gasteiger partial charge on any atom is 0.224 e. The Labute approximate surface area is 128 Å². The molecule has 0 aliphatic rings. The number of nitrogens with zero attached hydrogens (tertiary/aromatic N) is 1. The van der Waals surface area contributed by atoms with Crippen LogP contribution >= 0.6 is 23.8 Å². The Morgan fingerprint density at radius 2 is 1.95 bits per heavy atom. The normalized spacial score (nSPS) is 10.3. The molecule has 20 heavy (non-hydrogen) atoms. The van der Waals surface area contributed by atoms with Gasteiger partial charge in [0.05, 0.1) is 5.56 Å². The molecule has 5 heteroatoms. The van der Waals surface area contributed by atoms with Crippen LogP contribution in [0.2, 0.25) is 5.02 Å². The molecule has 0 amide bonds. The van der Waals surface area contributed by atoms with E-state index < -0.39 is 0 Å². The summed E-state index contributed by atoms with van der Waals surface area (Å²) in [6.07, 6.45) is 0. The van der Waals surface area contributed by atoms with Gasteiger partial charge in [0.15, 0.2) is 0 Å². The average molecular weight is 307 g/mol. The van der Waals surface area contributed by atoms with Crippen molar-refractivity contribution in [3.8, 4) is 5.88 Å². The second-order valence-electron chi connectivity index (χ2n) is 4.54. The molecular weight excluding hydrogens is 292 g/mol. The minimum absolute atomic E-state index is 0.293. The summed E-state index contributed by atoms with van der Waals surface area (Å²) >= 11 is 10.9. The van der Waals surface area contributed by atoms with Gasteiger partial charge in [0.1, 0.15) is 11.6 Å². The second kappa shape index (κ2) is 6.20. The summed E-state index contributed by atoms with van der Waals surface area (Å²) in [5.41, 5.74) is 9.28. The first-order valence-corrected chi connectivity index (χ1v) is 6.91. The zero-order valence-electron chi connectivity index (χ0n) is 11.3. The number of aromatic nitrogens is 1. The van der Waals surface area contributed by atoms with Gasteiger partial charge in [0.2, 0.25) is 5.88 Å². The molecule has 0 radical (unpaired) electrons. The number of nitrogens with two attached hydrogens (primary N) is 1. The van der Waals surface area contributed by atoms with E-state index in [4.69, 9.17) is 34.3 Å². The quantitative estimate of drug-likeness (QED) is 0.877. The van der Waals surface area contributed by atoms with Crippen LogP contribution < -0.4 is 10.5 Å². The molecule has 0 aliphatic carbocycles. The lowest BCUT2D eigenvalue weighted by Gasteiger charge is -2.13. The fourth-order valence-corrected chi connectivity index (χ4v) is 2.31. The van der Waals surface area contributed by atoms with Gasteiger partial charge >= 0.3 is 0 Å². The van der Waals surface area contributed by atoms with Crippen LogP contribution in [-0.2, 0) is 6.61 Å². The highest BCUT2D eigenvalue weighted by atomic mass is 35.5. The van der Waals surface area contributed by atoms with Crippen molar-refractivity contribution in [1.82, 2.24) is 4.98 Å². The number of pyridine rings is 1. The van der Waals surface area contributed by atoms with Gasteiger partial charge in [-0.15, -0.1) is 0 Å². The van der Waals surface area contributed by atoms with Gasteiger partial charge < -0.3 is 10.5 Å². The predicted octanol–water partition coefficient (Wildman–Crippen LogP) is 3.57. The van der Waals surface area contributed by atoms with E-state index in [-0.39, 0.29) is 0 Å². The van der Waals surface area contributed by atoms with Crippen LogP contribution in [0.15, 0.2) is 30.3 Å². The first-order valence-electron chi connectivity index (χ1n) is 6.12. The van der Waals surface area contributed by atoms with Crippen molar-refractivity contribution in [3.63, 3.8) is 0 Å². The SMILES string of the molecule is Cc1cc(C)c(C(N)=S)c(OCc2ccc(Cl)cc2)n1. The molecule has 1 heterocycles. The van der Waals surface area contributed by atoms with Crippen molar-refractivity contribution < 1.29 is 4.74 Å². The molecule has 0 aliphatic heterocycles. The molecule has 0 unspecified atom stereocenters. The van der Waals surface area contributed by atoms with Gasteiger partial charge in [-0.05, 0) is 43.2 Å². The minimum Gasteiger partial charge on any atom is -0.472 e. The zero-order chi connectivity index (χ0) is 14.7. The standard InChI is InChI=1S/C15H15ClN2OS/c1-9-7-10(2)18-15(13(9)14(17)20)19-8-11-3-5-12(16)6-4-11/h3-7H,8H2,1-2H3,(H2,17,20). The summed E-state index contributed by atoms with van der Waals surface area (Å²) in [5.74, 6) is 0.477. The van der Waals surface area contributed by atoms with Gasteiger partial charge in [-0.3, -0.25) is 0 Å². The molecule has 0 fully saturated rings. The molecule has 0 bridgehead atoms. The molecule has 0 saturated heterocycles. The van der Waals surface area contributed by atoms with E-state index >= 15 is 0 Å². The Balaban J connectivity index is 2.24. The van der Waals surface area contributed by atoms with E-state index in [9.17, 15) is 0 Å². The Morgan fingerprint density at radius 3 is 2.55 bits per heavy atom. The summed E-state index contributed by atoms with van der Waals surface area (Å²) in [5, 5.41) is 0.696. The van der Waals surface area contributed by atoms with Crippen LogP contribution in [-0.4, -0.2) is 9.97 Å². The van der Waals surface area contributed by atoms with E-state index in [1.807, 2.05) is 44.2 Å². The highest BCUT2D eigenvalue weighted by Gasteiger charge is 2.13. The van der Waals surface area contributed by atoms with Crippen molar-refractivity contribution in [2.75, 3.05) is 0 Å². The number of ether oxygens (including phenoxy) is 1. The third kappa shape index (κ3) is 3.46. The minimum atomic E-state index is 0.293. The fourth-order valence-electron chi connectivity index (χ4n) is 1.94. The highest BCUT2D eigenvalue weighted by molar-refractivity contribution is 7.80. The summed E-state index contributed by atoms with van der Waals surface area (Å²) < 4.78 is 5.76. The number of halogens is 1. The number of aryl methyl sites for hydroxylation is 2. The lowest BCUT2D eigenvalue weighted by molar-refractivity contribution is 0.292. The van der Waals surface area contributed by atoms with Gasteiger partial charge in [-0.25, -0.2) is 4.98 Å². The zero-order valence-corrected chi connectivity index (χ0v) is 12.9. The van der Waals surface area contributed by atoms with Gasteiger partial charge in [-0.1, -0.05) is 36.0 Å². The molecular formula is C15H15ClN2OS. The van der Waals surface area contributed by atoms with E-state index in [2.05, 4.69) is 4.98 Å². The molecule has 104 valence electrons. The largest absolute Gasteiger partial charge is 0.472 e. The molecule has 2 aromatic rings. The van der Waals surface area contributed by atoms with Crippen molar-refractivity contribution in [2.45, 2.75) is 20.5 Å². The monoisotopic (exact) mass is 306 g/mol. The Hall–Kier alpha value is -1.65. The maximum atomic E-state index is 5.85. The first kappa shape index (κ1) is 14.8. The topological polar surface area (TPSA) is 48.1 Å². The Morgan fingerprint density at radius 1 is 1.30 bits per heavy atom. The first-order chi connectivity index (χ1) is 9.47. The Kier molecular flexibility index (Phi) is 4.57. The third-order valence-electron chi connectivity index (χ3n) is 2.85. The number of thiocarbonyl (C=S) groups is 1. The highest BCUT2D eigenvalue weighted by Crippen LogP contribution is 2.22. The lowest BCUT2D eigenvalue weighted by Crippen LogP contribution is -2.15. The smallest absolute Gasteiger partial charge is 0.224 e. The molecule has 0 saturated carbocycles. The predicted molar refractivity (Wildman–Crippen MR) is 85.4 cm³/mol. The van der Waals surface area contributed by atoms with Crippen LogP contribution in [0, 0.1) is 13.8 Å². The fraction of sp³-hybridized carbons (Fsp3) is 0.200. The molecule has 1 aromatic heterocycles. The molecule has 2 rings (SSSR count). The van der Waals surface area contributed by atoms with Crippen LogP contribution in [0.5, 0.6) is 5.88 Å². The molecule has 3 nitrogen and oxygen atoms in total. The number of hydrogen-bond acceptors (Lipinski definition) is 3. The summed E-state index contributed by atoms with van der Waals surface area (Å²) in [6, 6.07) is 9.40. The molecule has 2 N–H and O–H groups in total. The van der Waals surface area contributed by atoms with Crippen molar-refractivity contribution in [3.05, 3.63) is 57.7 Å². The van der Waals surface area contributed by atoms with Crippen LogP contribution in [0.4, 0.5) is 0 Å². The van der Waals surface area contributed by atoms with Crippen molar-refractivity contribution >= 4 is 28.8 Å². The van der Waals surface area contributed by atoms with E-state index in [1.54, 1.807) is 0 Å². The maximum absolute atomic E-state index is 5.85. The molecule has 0 spiro atoms. The second-order valence-corrected chi connectivity index (χ2v) is 5.42. The summed E-state index contributed by atoms with van der Waals surface area (Å²) in [6.45, 7) is 4.24. The Bertz CT molecular complexity index is 641. The van der Waals surface area contributed by atoms with Crippen LogP contribution in [0.3, 0.4) is 0 Å². The van der Waals surface area contributed by atoms with E-state index in [0.29, 0.717) is 28.1 Å². The summed E-state index contributed by atoms with van der Waals surface area (Å²) in [4.78, 5) is 4.66. The summed E-state index contributed by atoms with van der Waals surface area (Å²) in [7, 11) is 0. The van der Waals surface area contributed by atoms with Crippen LogP contribution in [0.25, 0.3) is 0 Å². The lowest BCUT2D eigenvalue weighted by atomic mass is 10.1. The van der Waals surface area contributed by atoms with Gasteiger partial charge in [0, 0.05) is 10.7 Å². The average Bonchev–Trinajstić information content (AvgIpc) is 2.36. The van der Waals surface area contributed by atoms with Gasteiger partial charge in [-0.2, -0.15) is 0 Å². The third-order valence-corrected chi connectivity index (χ3v) is 3.30. The van der Waals surface area contributed by atoms with Crippen molar-refractivity contribution in [2.24, 2.45) is 5.73 Å². The van der Waals surface area contributed by atoms with E-state index in [0.717, 1.165) is 16.8 Å². The molecule has 1 aromatic carbocycles. The number of benzene rings is 1. The van der Waals surface area contributed by atoms with E-state index in [1.165, 1.54) is 0 Å². The van der Waals surface area contributed by atoms with Gasteiger partial charge in [0.25, 0.3) is 0 Å². The van der Waals surface area contributed by atoms with Crippen molar-refractivity contribution in [1.29, 1.82) is 0 Å². The number of rotatable bonds is 4. The number of hydrogen-bond donors (Lipinski definition) is 1.